The second-order valence-corrected chi connectivity index (χ2v) is 4.18. The topological polar surface area (TPSA) is 41.5 Å². The fourth-order valence-corrected chi connectivity index (χ4v) is 1.40. The number of aliphatic hydroxyl groups excluding tert-OH is 1. The molecule has 0 heterocycles. The summed E-state index contributed by atoms with van der Waals surface area (Å²) in [6.45, 7) is 3.05. The largest absolute Gasteiger partial charge is 0.389 e. The first-order chi connectivity index (χ1) is 7.63. The highest BCUT2D eigenvalue weighted by Crippen LogP contribution is 2.19. The zero-order chi connectivity index (χ0) is 12.0. The Morgan fingerprint density at radius 1 is 1.56 bits per heavy atom. The molecule has 16 heavy (non-hydrogen) atoms. The lowest BCUT2D eigenvalue weighted by Crippen LogP contribution is -2.24. The summed E-state index contributed by atoms with van der Waals surface area (Å²) in [6, 6.07) is 4.73. The fraction of sp³-hybridized carbons (Fsp3) is 0.455. The molecule has 0 saturated heterocycles. The van der Waals surface area contributed by atoms with Crippen molar-refractivity contribution < 1.29 is 14.2 Å². The van der Waals surface area contributed by atoms with Crippen LogP contribution in [0.5, 0.6) is 0 Å². The molecule has 0 fully saturated rings. The van der Waals surface area contributed by atoms with Gasteiger partial charge in [0, 0.05) is 18.8 Å². The monoisotopic (exact) mass is 291 g/mol. The molecule has 1 aromatic carbocycles. The van der Waals surface area contributed by atoms with Crippen LogP contribution >= 0.6 is 15.9 Å². The van der Waals surface area contributed by atoms with Gasteiger partial charge in [-0.1, -0.05) is 0 Å². The molecule has 0 saturated carbocycles. The molecule has 0 amide bonds. The molecule has 5 heteroatoms. The van der Waals surface area contributed by atoms with Gasteiger partial charge in [-0.05, 0) is 41.1 Å². The number of anilines is 1. The maximum Gasteiger partial charge on any atom is 0.139 e. The summed E-state index contributed by atoms with van der Waals surface area (Å²) >= 11 is 3.07. The number of hydrogen-bond donors (Lipinski definition) is 2. The van der Waals surface area contributed by atoms with Gasteiger partial charge >= 0.3 is 0 Å². The first-order valence-corrected chi connectivity index (χ1v) is 5.87. The number of nitrogens with one attached hydrogen (secondary N) is 1. The van der Waals surface area contributed by atoms with E-state index in [1.165, 1.54) is 6.07 Å². The van der Waals surface area contributed by atoms with Crippen LogP contribution in [0.1, 0.15) is 6.92 Å². The second kappa shape index (κ2) is 6.83. The van der Waals surface area contributed by atoms with E-state index >= 15 is 0 Å². The van der Waals surface area contributed by atoms with Gasteiger partial charge < -0.3 is 15.2 Å². The van der Waals surface area contributed by atoms with E-state index in [9.17, 15) is 9.50 Å². The molecule has 1 aromatic rings. The second-order valence-electron chi connectivity index (χ2n) is 3.32. The number of halogens is 2. The molecule has 0 aromatic heterocycles. The molecule has 1 atom stereocenters. The molecule has 0 spiro atoms. The van der Waals surface area contributed by atoms with Crippen LogP contribution in [-0.4, -0.2) is 31.0 Å². The average molecular weight is 292 g/mol. The Balaban J connectivity index is 2.39. The standard InChI is InChI=1S/C11H15BrFNO2/c1-2-16-7-9(15)6-14-8-3-4-10(12)11(13)5-8/h3-5,9,14-15H,2,6-7H2,1H3. The van der Waals surface area contributed by atoms with Crippen molar-refractivity contribution in [1.29, 1.82) is 0 Å². The van der Waals surface area contributed by atoms with Gasteiger partial charge in [0.15, 0.2) is 0 Å². The van der Waals surface area contributed by atoms with Gasteiger partial charge in [-0.2, -0.15) is 0 Å². The lowest BCUT2D eigenvalue weighted by molar-refractivity contribution is 0.0496. The van der Waals surface area contributed by atoms with E-state index < -0.39 is 6.10 Å². The Morgan fingerprint density at radius 2 is 2.31 bits per heavy atom. The van der Waals surface area contributed by atoms with Crippen LogP contribution in [0.2, 0.25) is 0 Å². The van der Waals surface area contributed by atoms with Crippen molar-refractivity contribution in [2.45, 2.75) is 13.0 Å². The molecular formula is C11H15BrFNO2. The van der Waals surface area contributed by atoms with E-state index in [0.717, 1.165) is 0 Å². The Morgan fingerprint density at radius 3 is 2.94 bits per heavy atom. The normalized spacial score (nSPS) is 12.5. The van der Waals surface area contributed by atoms with Gasteiger partial charge in [0.05, 0.1) is 17.2 Å². The van der Waals surface area contributed by atoms with Crippen molar-refractivity contribution in [1.82, 2.24) is 0 Å². The number of aliphatic hydroxyl groups is 1. The summed E-state index contributed by atoms with van der Waals surface area (Å²) in [6.07, 6.45) is -0.591. The van der Waals surface area contributed by atoms with Crippen LogP contribution in [0.4, 0.5) is 10.1 Å². The maximum absolute atomic E-state index is 13.1. The summed E-state index contributed by atoms with van der Waals surface area (Å²) in [7, 11) is 0. The van der Waals surface area contributed by atoms with Crippen molar-refractivity contribution in [2.75, 3.05) is 25.1 Å². The number of benzene rings is 1. The summed E-state index contributed by atoms with van der Waals surface area (Å²) in [5.74, 6) is -0.329. The van der Waals surface area contributed by atoms with Gasteiger partial charge in [0.1, 0.15) is 5.82 Å². The predicted octanol–water partition coefficient (Wildman–Crippen LogP) is 2.40. The van der Waals surface area contributed by atoms with E-state index in [-0.39, 0.29) is 12.4 Å². The Hall–Kier alpha value is -0.650. The van der Waals surface area contributed by atoms with Gasteiger partial charge in [0.2, 0.25) is 0 Å². The van der Waals surface area contributed by atoms with E-state index in [1.54, 1.807) is 12.1 Å². The molecule has 1 unspecified atom stereocenters. The van der Waals surface area contributed by atoms with Gasteiger partial charge in [-0.25, -0.2) is 4.39 Å². The lowest BCUT2D eigenvalue weighted by Gasteiger charge is -2.12. The minimum atomic E-state index is -0.591. The number of hydrogen-bond acceptors (Lipinski definition) is 3. The SMILES string of the molecule is CCOCC(O)CNc1ccc(Br)c(F)c1. The van der Waals surface area contributed by atoms with E-state index in [0.29, 0.717) is 23.3 Å². The van der Waals surface area contributed by atoms with Crippen LogP contribution in [0, 0.1) is 5.82 Å². The third-order valence-electron chi connectivity index (χ3n) is 1.98. The molecule has 0 aliphatic rings. The molecule has 0 bridgehead atoms. The van der Waals surface area contributed by atoms with Crippen molar-refractivity contribution in [2.24, 2.45) is 0 Å². The zero-order valence-corrected chi connectivity index (χ0v) is 10.6. The quantitative estimate of drug-likeness (QED) is 0.846. The van der Waals surface area contributed by atoms with E-state index in [4.69, 9.17) is 4.74 Å². The first-order valence-electron chi connectivity index (χ1n) is 5.08. The molecular weight excluding hydrogens is 277 g/mol. The molecule has 1 rings (SSSR count). The summed E-state index contributed by atoms with van der Waals surface area (Å²) in [5.41, 5.74) is 0.635. The third kappa shape index (κ3) is 4.47. The van der Waals surface area contributed by atoms with Gasteiger partial charge in [0.25, 0.3) is 0 Å². The first kappa shape index (κ1) is 13.4. The zero-order valence-electron chi connectivity index (χ0n) is 9.04. The Bertz CT molecular complexity index is 336. The highest BCUT2D eigenvalue weighted by Gasteiger charge is 2.05. The van der Waals surface area contributed by atoms with Crippen molar-refractivity contribution >= 4 is 21.6 Å². The fourth-order valence-electron chi connectivity index (χ4n) is 1.15. The van der Waals surface area contributed by atoms with Crippen LogP contribution in [-0.2, 0) is 4.74 Å². The molecule has 0 aliphatic heterocycles. The molecule has 0 radical (unpaired) electrons. The summed E-state index contributed by atoms with van der Waals surface area (Å²) in [5, 5.41) is 12.4. The van der Waals surface area contributed by atoms with Crippen LogP contribution in [0.15, 0.2) is 22.7 Å². The third-order valence-corrected chi connectivity index (χ3v) is 2.62. The number of rotatable bonds is 6. The highest BCUT2D eigenvalue weighted by atomic mass is 79.9. The Labute approximate surface area is 103 Å². The van der Waals surface area contributed by atoms with Crippen molar-refractivity contribution in [3.05, 3.63) is 28.5 Å². The van der Waals surface area contributed by atoms with Crippen LogP contribution in [0.3, 0.4) is 0 Å². The van der Waals surface area contributed by atoms with Gasteiger partial charge in [-0.15, -0.1) is 0 Å². The molecule has 0 aliphatic carbocycles. The summed E-state index contributed by atoms with van der Waals surface area (Å²) in [4.78, 5) is 0. The molecule has 3 nitrogen and oxygen atoms in total. The Kier molecular flexibility index (Phi) is 5.73. The minimum Gasteiger partial charge on any atom is -0.389 e. The average Bonchev–Trinajstić information content (AvgIpc) is 2.28. The van der Waals surface area contributed by atoms with Gasteiger partial charge in [-0.3, -0.25) is 0 Å². The molecule has 2 N–H and O–H groups in total. The smallest absolute Gasteiger partial charge is 0.139 e. The lowest BCUT2D eigenvalue weighted by atomic mass is 10.3. The van der Waals surface area contributed by atoms with Crippen molar-refractivity contribution in [3.8, 4) is 0 Å². The van der Waals surface area contributed by atoms with E-state index in [2.05, 4.69) is 21.2 Å². The number of ether oxygens (including phenoxy) is 1. The maximum atomic E-state index is 13.1. The van der Waals surface area contributed by atoms with Crippen LogP contribution in [0.25, 0.3) is 0 Å². The minimum absolute atomic E-state index is 0.280. The highest BCUT2D eigenvalue weighted by molar-refractivity contribution is 9.10. The van der Waals surface area contributed by atoms with E-state index in [1.807, 2.05) is 6.92 Å². The predicted molar refractivity (Wildman–Crippen MR) is 65.1 cm³/mol. The summed E-state index contributed by atoms with van der Waals surface area (Å²) < 4.78 is 18.6. The van der Waals surface area contributed by atoms with Crippen LogP contribution < -0.4 is 5.32 Å². The molecule has 90 valence electrons. The van der Waals surface area contributed by atoms with Crippen molar-refractivity contribution in [3.63, 3.8) is 0 Å².